The highest BCUT2D eigenvalue weighted by Gasteiger charge is 2.26. The van der Waals surface area contributed by atoms with E-state index >= 15 is 0 Å². The van der Waals surface area contributed by atoms with Crippen molar-refractivity contribution in [2.45, 2.75) is 39.5 Å². The molecule has 2 aromatic rings. The Kier molecular flexibility index (Phi) is 10.3. The van der Waals surface area contributed by atoms with Gasteiger partial charge in [0, 0.05) is 18.0 Å². The van der Waals surface area contributed by atoms with E-state index in [1.165, 1.54) is 7.11 Å². The van der Waals surface area contributed by atoms with Crippen LogP contribution in [0.1, 0.15) is 58.2 Å². The largest absolute Gasteiger partial charge is 0.492 e. The van der Waals surface area contributed by atoms with Crippen molar-refractivity contribution >= 4 is 57.3 Å². The Labute approximate surface area is 201 Å². The van der Waals surface area contributed by atoms with Crippen molar-refractivity contribution in [2.24, 2.45) is 0 Å². The molecule has 0 atom stereocenters. The first-order valence-corrected chi connectivity index (χ1v) is 11.7. The first-order valence-electron chi connectivity index (χ1n) is 10.2. The maximum absolute atomic E-state index is 12.5. The summed E-state index contributed by atoms with van der Waals surface area (Å²) in [7, 11) is 1.26. The summed E-state index contributed by atoms with van der Waals surface area (Å²) in [5.74, 6) is -0.709. The molecule has 0 saturated carbocycles. The van der Waals surface area contributed by atoms with Gasteiger partial charge >= 0.3 is 5.97 Å². The normalized spacial score (nSPS) is 10.5. The second kappa shape index (κ2) is 12.7. The van der Waals surface area contributed by atoms with Gasteiger partial charge in [-0.15, -0.1) is 11.3 Å². The molecule has 1 aromatic carbocycles. The van der Waals surface area contributed by atoms with Gasteiger partial charge in [-0.3, -0.25) is 9.59 Å². The van der Waals surface area contributed by atoms with Gasteiger partial charge in [-0.05, 0) is 43.5 Å². The number of rotatable bonds is 11. The zero-order chi connectivity index (χ0) is 23.7. The lowest BCUT2D eigenvalue weighted by Gasteiger charge is -2.09. The van der Waals surface area contributed by atoms with Gasteiger partial charge in [0.15, 0.2) is 0 Å². The number of anilines is 1. The van der Waals surface area contributed by atoms with Crippen LogP contribution in [0.3, 0.4) is 0 Å². The Morgan fingerprint density at radius 2 is 1.91 bits per heavy atom. The lowest BCUT2D eigenvalue weighted by molar-refractivity contribution is -0.116. The number of hydrogen-bond donors (Lipinski definition) is 2. The van der Waals surface area contributed by atoms with Crippen LogP contribution in [0.4, 0.5) is 5.00 Å². The number of carbonyl (C=O) groups is 3. The third kappa shape index (κ3) is 7.12. The highest BCUT2D eigenvalue weighted by Crippen LogP contribution is 2.34. The Hall–Kier alpha value is -2.29. The summed E-state index contributed by atoms with van der Waals surface area (Å²) in [5.41, 5.74) is 0.669. The molecule has 0 unspecified atom stereocenters. The van der Waals surface area contributed by atoms with Crippen LogP contribution in [0.5, 0.6) is 5.75 Å². The average molecular weight is 501 g/mol. The predicted molar refractivity (Wildman–Crippen MR) is 127 cm³/mol. The second-order valence-corrected chi connectivity index (χ2v) is 8.80. The van der Waals surface area contributed by atoms with Gasteiger partial charge in [0.25, 0.3) is 5.91 Å². The summed E-state index contributed by atoms with van der Waals surface area (Å²) in [6.07, 6.45) is 2.38. The van der Waals surface area contributed by atoms with Gasteiger partial charge < -0.3 is 20.1 Å². The number of ether oxygens (including phenoxy) is 2. The van der Waals surface area contributed by atoms with Crippen LogP contribution in [0.2, 0.25) is 10.0 Å². The van der Waals surface area contributed by atoms with Crippen molar-refractivity contribution in [3.8, 4) is 5.75 Å². The minimum absolute atomic E-state index is 0.154. The number of benzene rings is 1. The van der Waals surface area contributed by atoms with Crippen molar-refractivity contribution in [1.82, 2.24) is 5.32 Å². The van der Waals surface area contributed by atoms with E-state index in [2.05, 4.69) is 10.6 Å². The Morgan fingerprint density at radius 1 is 1.16 bits per heavy atom. The number of halogens is 2. The third-order valence-electron chi connectivity index (χ3n) is 4.51. The summed E-state index contributed by atoms with van der Waals surface area (Å²) in [6, 6.07) is 4.91. The number of unbranched alkanes of at least 4 members (excludes halogenated alkanes) is 1. The molecule has 7 nitrogen and oxygen atoms in total. The molecule has 0 spiro atoms. The number of carbonyl (C=O) groups excluding carboxylic acids is 3. The van der Waals surface area contributed by atoms with E-state index in [4.69, 9.17) is 32.7 Å². The van der Waals surface area contributed by atoms with Gasteiger partial charge in [0.1, 0.15) is 10.8 Å². The highest BCUT2D eigenvalue weighted by atomic mass is 35.5. The van der Waals surface area contributed by atoms with Crippen molar-refractivity contribution in [2.75, 3.05) is 25.6 Å². The summed E-state index contributed by atoms with van der Waals surface area (Å²) in [5, 5.41) is 6.75. The second-order valence-electron chi connectivity index (χ2n) is 6.94. The fourth-order valence-electron chi connectivity index (χ4n) is 2.82. The van der Waals surface area contributed by atoms with Crippen molar-refractivity contribution < 1.29 is 23.9 Å². The van der Waals surface area contributed by atoms with Crippen LogP contribution in [0.25, 0.3) is 0 Å². The first kappa shape index (κ1) is 26.0. The van der Waals surface area contributed by atoms with Crippen LogP contribution in [0.15, 0.2) is 18.2 Å². The van der Waals surface area contributed by atoms with E-state index in [0.717, 1.165) is 24.2 Å². The van der Waals surface area contributed by atoms with E-state index in [9.17, 15) is 14.4 Å². The molecule has 2 N–H and O–H groups in total. The maximum atomic E-state index is 12.5. The third-order valence-corrected chi connectivity index (χ3v) is 6.25. The molecule has 0 fully saturated rings. The number of methoxy groups -OCH3 is 1. The fraction of sp³-hybridized carbons (Fsp3) is 0.409. The lowest BCUT2D eigenvalue weighted by Crippen LogP contribution is -2.24. The van der Waals surface area contributed by atoms with Crippen molar-refractivity contribution in [3.63, 3.8) is 0 Å². The van der Waals surface area contributed by atoms with Crippen LogP contribution in [-0.4, -0.2) is 38.0 Å². The van der Waals surface area contributed by atoms with E-state index in [0.29, 0.717) is 44.2 Å². The molecule has 32 heavy (non-hydrogen) atoms. The summed E-state index contributed by atoms with van der Waals surface area (Å²) < 4.78 is 10.4. The SMILES string of the molecule is CCCCNC(=O)c1sc(NC(=O)CCCOc2ccc(Cl)cc2Cl)c(C(=O)OC)c1C. The molecule has 10 heteroatoms. The lowest BCUT2D eigenvalue weighted by atomic mass is 10.1. The molecule has 0 radical (unpaired) electrons. The Morgan fingerprint density at radius 3 is 2.56 bits per heavy atom. The van der Waals surface area contributed by atoms with Gasteiger partial charge in [-0.25, -0.2) is 4.79 Å². The molecule has 174 valence electrons. The number of amides is 2. The highest BCUT2D eigenvalue weighted by molar-refractivity contribution is 7.18. The molecule has 0 aliphatic rings. The van der Waals surface area contributed by atoms with Gasteiger partial charge in [-0.2, -0.15) is 0 Å². The van der Waals surface area contributed by atoms with Gasteiger partial charge in [0.2, 0.25) is 5.91 Å². The van der Waals surface area contributed by atoms with E-state index < -0.39 is 5.97 Å². The molecule has 1 heterocycles. The number of nitrogens with one attached hydrogen (secondary N) is 2. The molecule has 2 rings (SSSR count). The number of hydrogen-bond acceptors (Lipinski definition) is 6. The monoisotopic (exact) mass is 500 g/mol. The van der Waals surface area contributed by atoms with Gasteiger partial charge in [0.05, 0.1) is 29.2 Å². The van der Waals surface area contributed by atoms with Crippen LogP contribution < -0.4 is 15.4 Å². The Bertz CT molecular complexity index is 977. The van der Waals surface area contributed by atoms with E-state index in [1.807, 2.05) is 6.92 Å². The predicted octanol–water partition coefficient (Wildman–Crippen LogP) is 5.48. The quantitative estimate of drug-likeness (QED) is 0.314. The van der Waals surface area contributed by atoms with E-state index in [1.54, 1.807) is 25.1 Å². The van der Waals surface area contributed by atoms with Crippen LogP contribution in [0, 0.1) is 6.92 Å². The standard InChI is InChI=1S/C22H26Cl2N2O5S/c1-4-5-10-25-20(28)19-13(2)18(22(29)30-3)21(32-19)26-17(27)7-6-11-31-16-9-8-14(23)12-15(16)24/h8-9,12H,4-7,10-11H2,1-3H3,(H,25,28)(H,26,27). The molecule has 0 aliphatic carbocycles. The zero-order valence-corrected chi connectivity index (χ0v) is 20.5. The summed E-state index contributed by atoms with van der Waals surface area (Å²) >= 11 is 13.0. The molecule has 0 saturated heterocycles. The fourth-order valence-corrected chi connectivity index (χ4v) is 4.41. The van der Waals surface area contributed by atoms with Crippen LogP contribution in [-0.2, 0) is 9.53 Å². The van der Waals surface area contributed by atoms with Crippen LogP contribution >= 0.6 is 34.5 Å². The molecule has 1 aromatic heterocycles. The number of thiophene rings is 1. The molecule has 0 aliphatic heterocycles. The topological polar surface area (TPSA) is 93.7 Å². The van der Waals surface area contributed by atoms with E-state index in [-0.39, 0.29) is 30.4 Å². The average Bonchev–Trinajstić information content (AvgIpc) is 3.07. The first-order chi connectivity index (χ1) is 15.3. The summed E-state index contributed by atoms with van der Waals surface area (Å²) in [6.45, 7) is 4.50. The minimum atomic E-state index is -0.609. The smallest absolute Gasteiger partial charge is 0.341 e. The van der Waals surface area contributed by atoms with Gasteiger partial charge in [-0.1, -0.05) is 36.5 Å². The molecule has 2 amide bonds. The molecular formula is C22H26Cl2N2O5S. The molecule has 0 bridgehead atoms. The Balaban J connectivity index is 2.00. The molecular weight excluding hydrogens is 475 g/mol. The number of esters is 1. The zero-order valence-electron chi connectivity index (χ0n) is 18.2. The maximum Gasteiger partial charge on any atom is 0.341 e. The van der Waals surface area contributed by atoms with Crippen molar-refractivity contribution in [1.29, 1.82) is 0 Å². The summed E-state index contributed by atoms with van der Waals surface area (Å²) in [4.78, 5) is 37.6. The van der Waals surface area contributed by atoms with Crippen molar-refractivity contribution in [3.05, 3.63) is 44.2 Å². The minimum Gasteiger partial charge on any atom is -0.492 e.